The molecule has 0 saturated carbocycles. The zero-order valence-corrected chi connectivity index (χ0v) is 15.4. The molecule has 0 aliphatic carbocycles. The Hall–Kier alpha value is -2.87. The molecule has 0 radical (unpaired) electrons. The van der Waals surface area contributed by atoms with Gasteiger partial charge in [-0.25, -0.2) is 8.42 Å². The maximum atomic E-state index is 12.2. The van der Waals surface area contributed by atoms with Gasteiger partial charge in [0.25, 0.3) is 0 Å². The van der Waals surface area contributed by atoms with E-state index < -0.39 is 10.0 Å². The van der Waals surface area contributed by atoms with Crippen LogP contribution in [-0.2, 0) is 19.6 Å². The smallest absolute Gasteiger partial charge is 0.232 e. The van der Waals surface area contributed by atoms with Crippen molar-refractivity contribution in [3.05, 3.63) is 54.6 Å². The van der Waals surface area contributed by atoms with E-state index in [1.54, 1.807) is 54.6 Å². The lowest BCUT2D eigenvalue weighted by Gasteiger charge is -2.22. The van der Waals surface area contributed by atoms with E-state index in [1.165, 1.54) is 11.2 Å². The SMILES string of the molecule is CC(=O)Nc1cccc(NC(=O)CCN(c2ccccc2)S(C)(=O)=O)c1. The first-order chi connectivity index (χ1) is 12.3. The average Bonchev–Trinajstić information content (AvgIpc) is 2.54. The van der Waals surface area contributed by atoms with Gasteiger partial charge in [-0.05, 0) is 30.3 Å². The van der Waals surface area contributed by atoms with E-state index in [1.807, 2.05) is 0 Å². The summed E-state index contributed by atoms with van der Waals surface area (Å²) in [5, 5.41) is 5.33. The van der Waals surface area contributed by atoms with Crippen molar-refractivity contribution in [1.29, 1.82) is 0 Å². The highest BCUT2D eigenvalue weighted by Crippen LogP contribution is 2.18. The van der Waals surface area contributed by atoms with Crippen LogP contribution in [0.15, 0.2) is 54.6 Å². The van der Waals surface area contributed by atoms with Crippen molar-refractivity contribution >= 4 is 38.9 Å². The van der Waals surface area contributed by atoms with Gasteiger partial charge in [0.2, 0.25) is 21.8 Å². The fraction of sp³-hybridized carbons (Fsp3) is 0.222. The Labute approximate surface area is 153 Å². The molecule has 7 nitrogen and oxygen atoms in total. The van der Waals surface area contributed by atoms with Crippen molar-refractivity contribution in [2.24, 2.45) is 0 Å². The second kappa shape index (κ2) is 8.48. The molecule has 2 aromatic carbocycles. The van der Waals surface area contributed by atoms with E-state index in [0.717, 1.165) is 6.26 Å². The molecule has 0 aromatic heterocycles. The number of rotatable bonds is 7. The van der Waals surface area contributed by atoms with Gasteiger partial charge in [-0.2, -0.15) is 0 Å². The molecule has 2 aromatic rings. The summed E-state index contributed by atoms with van der Waals surface area (Å²) in [7, 11) is -3.50. The van der Waals surface area contributed by atoms with Crippen LogP contribution in [-0.4, -0.2) is 33.0 Å². The summed E-state index contributed by atoms with van der Waals surface area (Å²) < 4.78 is 25.2. The zero-order valence-electron chi connectivity index (χ0n) is 14.6. The van der Waals surface area contributed by atoms with Gasteiger partial charge in [-0.3, -0.25) is 13.9 Å². The predicted molar refractivity (Wildman–Crippen MR) is 103 cm³/mol. The van der Waals surface area contributed by atoms with Crippen LogP contribution in [0, 0.1) is 0 Å². The lowest BCUT2D eigenvalue weighted by molar-refractivity contribution is -0.116. The van der Waals surface area contributed by atoms with Crippen LogP contribution < -0.4 is 14.9 Å². The number of anilines is 3. The number of benzene rings is 2. The largest absolute Gasteiger partial charge is 0.326 e. The lowest BCUT2D eigenvalue weighted by atomic mass is 10.2. The van der Waals surface area contributed by atoms with Crippen LogP contribution in [0.25, 0.3) is 0 Å². The molecule has 0 bridgehead atoms. The number of para-hydroxylation sites is 1. The monoisotopic (exact) mass is 375 g/mol. The van der Waals surface area contributed by atoms with Gasteiger partial charge < -0.3 is 10.6 Å². The van der Waals surface area contributed by atoms with Gasteiger partial charge in [0.05, 0.1) is 11.9 Å². The number of nitrogens with one attached hydrogen (secondary N) is 2. The summed E-state index contributed by atoms with van der Waals surface area (Å²) in [6.45, 7) is 1.43. The first-order valence-corrected chi connectivity index (χ1v) is 9.81. The van der Waals surface area contributed by atoms with Crippen LogP contribution in [0.3, 0.4) is 0 Å². The summed E-state index contributed by atoms with van der Waals surface area (Å²) in [6.07, 6.45) is 1.10. The molecule has 0 unspecified atom stereocenters. The Bertz CT molecular complexity index is 882. The van der Waals surface area contributed by atoms with Crippen LogP contribution in [0.1, 0.15) is 13.3 Å². The summed E-state index contributed by atoms with van der Waals surface area (Å²) >= 11 is 0. The molecule has 0 fully saturated rings. The number of hydrogen-bond donors (Lipinski definition) is 2. The fourth-order valence-corrected chi connectivity index (χ4v) is 3.31. The Balaban J connectivity index is 2.02. The van der Waals surface area contributed by atoms with Crippen molar-refractivity contribution < 1.29 is 18.0 Å². The second-order valence-electron chi connectivity index (χ2n) is 5.73. The maximum Gasteiger partial charge on any atom is 0.232 e. The first kappa shape index (κ1) is 19.5. The molecule has 0 spiro atoms. The van der Waals surface area contributed by atoms with E-state index in [0.29, 0.717) is 17.1 Å². The molecule has 2 N–H and O–H groups in total. The molecular weight excluding hydrogens is 354 g/mol. The molecule has 0 heterocycles. The molecule has 8 heteroatoms. The highest BCUT2D eigenvalue weighted by Gasteiger charge is 2.18. The summed E-state index contributed by atoms with van der Waals surface area (Å²) in [5.41, 5.74) is 1.60. The third-order valence-corrected chi connectivity index (χ3v) is 4.65. The molecule has 2 amide bonds. The average molecular weight is 375 g/mol. The van der Waals surface area contributed by atoms with Crippen LogP contribution in [0.4, 0.5) is 17.1 Å². The third kappa shape index (κ3) is 5.89. The number of sulfonamides is 1. The normalized spacial score (nSPS) is 10.8. The molecule has 0 atom stereocenters. The highest BCUT2D eigenvalue weighted by atomic mass is 32.2. The van der Waals surface area contributed by atoms with Crippen molar-refractivity contribution in [2.75, 3.05) is 27.7 Å². The Kier molecular flexibility index (Phi) is 6.35. The minimum absolute atomic E-state index is 0.00761. The maximum absolute atomic E-state index is 12.2. The number of nitrogens with zero attached hydrogens (tertiary/aromatic N) is 1. The fourth-order valence-electron chi connectivity index (χ4n) is 2.39. The van der Waals surface area contributed by atoms with E-state index in [2.05, 4.69) is 10.6 Å². The number of carbonyl (C=O) groups excluding carboxylic acids is 2. The standard InChI is InChI=1S/C18H21N3O4S/c1-14(22)19-15-7-6-8-16(13-15)20-18(23)11-12-21(26(2,24)25)17-9-4-3-5-10-17/h3-10,13H,11-12H2,1-2H3,(H,19,22)(H,20,23). The molecule has 0 aliphatic rings. The summed E-state index contributed by atoms with van der Waals surface area (Å²) in [5.74, 6) is -0.533. The number of carbonyl (C=O) groups is 2. The minimum atomic E-state index is -3.50. The lowest BCUT2D eigenvalue weighted by Crippen LogP contribution is -2.33. The van der Waals surface area contributed by atoms with Crippen molar-refractivity contribution in [1.82, 2.24) is 0 Å². The van der Waals surface area contributed by atoms with E-state index in [4.69, 9.17) is 0 Å². The molecule has 0 saturated heterocycles. The van der Waals surface area contributed by atoms with Crippen LogP contribution in [0.2, 0.25) is 0 Å². The van der Waals surface area contributed by atoms with Gasteiger partial charge in [0, 0.05) is 31.3 Å². The van der Waals surface area contributed by atoms with E-state index in [9.17, 15) is 18.0 Å². The Morgan fingerprint density at radius 2 is 1.58 bits per heavy atom. The molecular formula is C18H21N3O4S. The summed E-state index contributed by atoms with van der Waals surface area (Å²) in [4.78, 5) is 23.3. The quantitative estimate of drug-likeness (QED) is 0.777. The Morgan fingerprint density at radius 3 is 2.15 bits per heavy atom. The van der Waals surface area contributed by atoms with Crippen LogP contribution >= 0.6 is 0 Å². The van der Waals surface area contributed by atoms with Gasteiger partial charge in [0.1, 0.15) is 0 Å². The Morgan fingerprint density at radius 1 is 0.962 bits per heavy atom. The topological polar surface area (TPSA) is 95.6 Å². The first-order valence-electron chi connectivity index (χ1n) is 7.96. The van der Waals surface area contributed by atoms with E-state index in [-0.39, 0.29) is 24.8 Å². The second-order valence-corrected chi connectivity index (χ2v) is 7.64. The summed E-state index contributed by atoms with van der Waals surface area (Å²) in [6, 6.07) is 15.3. The molecule has 2 rings (SSSR count). The number of hydrogen-bond acceptors (Lipinski definition) is 4. The van der Waals surface area contributed by atoms with Gasteiger partial charge in [-0.1, -0.05) is 24.3 Å². The minimum Gasteiger partial charge on any atom is -0.326 e. The van der Waals surface area contributed by atoms with Crippen molar-refractivity contribution in [3.8, 4) is 0 Å². The molecule has 26 heavy (non-hydrogen) atoms. The van der Waals surface area contributed by atoms with Gasteiger partial charge >= 0.3 is 0 Å². The van der Waals surface area contributed by atoms with E-state index >= 15 is 0 Å². The van der Waals surface area contributed by atoms with Gasteiger partial charge in [0.15, 0.2) is 0 Å². The third-order valence-electron chi connectivity index (χ3n) is 3.45. The van der Waals surface area contributed by atoms with Crippen LogP contribution in [0.5, 0.6) is 0 Å². The number of amides is 2. The van der Waals surface area contributed by atoms with Crippen molar-refractivity contribution in [3.63, 3.8) is 0 Å². The zero-order chi connectivity index (χ0) is 19.2. The predicted octanol–water partition coefficient (Wildman–Crippen LogP) is 2.44. The van der Waals surface area contributed by atoms with Crippen molar-refractivity contribution in [2.45, 2.75) is 13.3 Å². The molecule has 138 valence electrons. The van der Waals surface area contributed by atoms with Gasteiger partial charge in [-0.15, -0.1) is 0 Å². The highest BCUT2D eigenvalue weighted by molar-refractivity contribution is 7.92. The molecule has 0 aliphatic heterocycles.